The number of benzene rings is 3. The van der Waals surface area contributed by atoms with Crippen LogP contribution in [0.3, 0.4) is 0 Å². The van der Waals surface area contributed by atoms with Crippen LogP contribution in [0.5, 0.6) is 0 Å². The molecule has 0 N–H and O–H groups in total. The largest absolute Gasteiger partial charge is 0.293 e. The van der Waals surface area contributed by atoms with Gasteiger partial charge in [-0.15, -0.1) is 5.10 Å². The van der Waals surface area contributed by atoms with Gasteiger partial charge in [0.25, 0.3) is 5.56 Å². The lowest BCUT2D eigenvalue weighted by Gasteiger charge is -2.09. The zero-order valence-electron chi connectivity index (χ0n) is 16.2. The number of fused-ring (bicyclic) bond motifs is 2. The molecule has 2 heterocycles. The average Bonchev–Trinajstić information content (AvgIpc) is 3.14. The van der Waals surface area contributed by atoms with E-state index in [4.69, 9.17) is 0 Å². The van der Waals surface area contributed by atoms with E-state index in [1.165, 1.54) is 0 Å². The lowest BCUT2D eigenvalue weighted by Crippen LogP contribution is -2.21. The van der Waals surface area contributed by atoms with E-state index in [9.17, 15) is 4.79 Å². The standard InChI is InChI=1S/C23H19N5O/c1-15-10-16(2)12-19(11-15)28-22-21(25-26-28)23(29)27(14-24-22)13-18-8-5-7-17-6-3-4-9-20(17)18/h3-12,14H,13H2,1-2H3. The highest BCUT2D eigenvalue weighted by Gasteiger charge is 2.14. The Bertz CT molecular complexity index is 1410. The number of rotatable bonds is 3. The average molecular weight is 381 g/mol. The van der Waals surface area contributed by atoms with Gasteiger partial charge in [-0.1, -0.05) is 53.7 Å². The van der Waals surface area contributed by atoms with Crippen molar-refractivity contribution in [3.05, 3.63) is 94.0 Å². The van der Waals surface area contributed by atoms with Crippen molar-refractivity contribution in [2.24, 2.45) is 0 Å². The first-order valence-electron chi connectivity index (χ1n) is 9.46. The minimum absolute atomic E-state index is 0.196. The molecule has 0 saturated heterocycles. The van der Waals surface area contributed by atoms with Crippen LogP contribution >= 0.6 is 0 Å². The maximum Gasteiger partial charge on any atom is 0.283 e. The van der Waals surface area contributed by atoms with Gasteiger partial charge >= 0.3 is 0 Å². The molecule has 142 valence electrons. The highest BCUT2D eigenvalue weighted by molar-refractivity contribution is 5.85. The van der Waals surface area contributed by atoms with Gasteiger partial charge in [-0.25, -0.2) is 4.98 Å². The molecule has 0 atom stereocenters. The van der Waals surface area contributed by atoms with Crippen molar-refractivity contribution in [2.75, 3.05) is 0 Å². The highest BCUT2D eigenvalue weighted by atomic mass is 16.1. The number of aromatic nitrogens is 5. The summed E-state index contributed by atoms with van der Waals surface area (Å²) in [6.45, 7) is 4.49. The Morgan fingerprint density at radius 2 is 1.69 bits per heavy atom. The molecule has 0 aliphatic rings. The predicted molar refractivity (Wildman–Crippen MR) is 113 cm³/mol. The molecule has 0 unspecified atom stereocenters. The van der Waals surface area contributed by atoms with E-state index in [1.807, 2.05) is 50.2 Å². The van der Waals surface area contributed by atoms with Crippen molar-refractivity contribution >= 4 is 21.9 Å². The summed E-state index contributed by atoms with van der Waals surface area (Å²) in [4.78, 5) is 17.6. The second kappa shape index (κ2) is 6.67. The van der Waals surface area contributed by atoms with Crippen LogP contribution in [0.4, 0.5) is 0 Å². The summed E-state index contributed by atoms with van der Waals surface area (Å²) in [5.74, 6) is 0. The third-order valence-corrected chi connectivity index (χ3v) is 5.10. The van der Waals surface area contributed by atoms with Gasteiger partial charge in [0.05, 0.1) is 12.2 Å². The number of nitrogens with zero attached hydrogens (tertiary/aromatic N) is 5. The van der Waals surface area contributed by atoms with Crippen molar-refractivity contribution < 1.29 is 0 Å². The van der Waals surface area contributed by atoms with Crippen LogP contribution in [0.15, 0.2) is 71.8 Å². The van der Waals surface area contributed by atoms with Crippen molar-refractivity contribution in [1.82, 2.24) is 24.5 Å². The summed E-state index contributed by atoms with van der Waals surface area (Å²) in [5, 5.41) is 10.6. The van der Waals surface area contributed by atoms with Crippen LogP contribution in [-0.4, -0.2) is 24.5 Å². The fourth-order valence-corrected chi connectivity index (χ4v) is 3.82. The van der Waals surface area contributed by atoms with E-state index < -0.39 is 0 Å². The molecule has 2 aromatic heterocycles. The summed E-state index contributed by atoms with van der Waals surface area (Å²) in [7, 11) is 0. The van der Waals surface area contributed by atoms with Gasteiger partial charge in [0.1, 0.15) is 6.33 Å². The fourth-order valence-electron chi connectivity index (χ4n) is 3.82. The zero-order valence-corrected chi connectivity index (χ0v) is 16.2. The number of aryl methyl sites for hydroxylation is 2. The van der Waals surface area contributed by atoms with Crippen LogP contribution in [-0.2, 0) is 6.54 Å². The van der Waals surface area contributed by atoms with Gasteiger partial charge in [0.15, 0.2) is 11.2 Å². The molecular weight excluding hydrogens is 362 g/mol. The Balaban J connectivity index is 1.60. The summed E-state index contributed by atoms with van der Waals surface area (Å²) < 4.78 is 3.21. The third-order valence-electron chi connectivity index (χ3n) is 5.10. The van der Waals surface area contributed by atoms with Gasteiger partial charge in [-0.2, -0.15) is 4.68 Å². The molecule has 0 aliphatic heterocycles. The minimum Gasteiger partial charge on any atom is -0.293 e. The van der Waals surface area contributed by atoms with Gasteiger partial charge in [-0.3, -0.25) is 9.36 Å². The van der Waals surface area contributed by atoms with Crippen molar-refractivity contribution in [3.8, 4) is 5.69 Å². The Morgan fingerprint density at radius 1 is 0.931 bits per heavy atom. The summed E-state index contributed by atoms with van der Waals surface area (Å²) in [6.07, 6.45) is 1.58. The van der Waals surface area contributed by atoms with Gasteiger partial charge in [-0.05, 0) is 53.4 Å². The molecule has 0 amide bonds. The molecule has 6 heteroatoms. The van der Waals surface area contributed by atoms with Crippen molar-refractivity contribution in [1.29, 1.82) is 0 Å². The molecular formula is C23H19N5O. The van der Waals surface area contributed by atoms with Crippen LogP contribution in [0.25, 0.3) is 27.6 Å². The predicted octanol–water partition coefficient (Wildman–Crippen LogP) is 3.80. The Morgan fingerprint density at radius 3 is 2.52 bits per heavy atom. The van der Waals surface area contributed by atoms with Crippen molar-refractivity contribution in [2.45, 2.75) is 20.4 Å². The first-order valence-corrected chi connectivity index (χ1v) is 9.46. The van der Waals surface area contributed by atoms with E-state index in [-0.39, 0.29) is 11.1 Å². The highest BCUT2D eigenvalue weighted by Crippen LogP contribution is 2.20. The first-order chi connectivity index (χ1) is 14.1. The third kappa shape index (κ3) is 2.99. The SMILES string of the molecule is Cc1cc(C)cc(-n2nnc3c(=O)n(Cc4cccc5ccccc45)cnc32)c1. The molecule has 0 fully saturated rings. The lowest BCUT2D eigenvalue weighted by molar-refractivity contribution is 0.749. The van der Waals surface area contributed by atoms with Crippen LogP contribution in [0.1, 0.15) is 16.7 Å². The second-order valence-electron chi connectivity index (χ2n) is 7.34. The van der Waals surface area contributed by atoms with E-state index in [0.717, 1.165) is 33.2 Å². The summed E-state index contributed by atoms with van der Waals surface area (Å²) in [6, 6.07) is 20.4. The quantitative estimate of drug-likeness (QED) is 0.477. The summed E-state index contributed by atoms with van der Waals surface area (Å²) in [5.41, 5.74) is 4.69. The van der Waals surface area contributed by atoms with Crippen LogP contribution < -0.4 is 5.56 Å². The smallest absolute Gasteiger partial charge is 0.283 e. The molecule has 3 aromatic carbocycles. The zero-order chi connectivity index (χ0) is 20.0. The monoisotopic (exact) mass is 381 g/mol. The molecule has 0 spiro atoms. The van der Waals surface area contributed by atoms with E-state index >= 15 is 0 Å². The number of hydrogen-bond acceptors (Lipinski definition) is 4. The lowest BCUT2D eigenvalue weighted by atomic mass is 10.0. The normalized spacial score (nSPS) is 11.4. The molecule has 6 nitrogen and oxygen atoms in total. The Hall–Kier alpha value is -3.80. The molecule has 29 heavy (non-hydrogen) atoms. The molecule has 0 aliphatic carbocycles. The maximum absolute atomic E-state index is 13.1. The minimum atomic E-state index is -0.196. The Labute approximate surface area is 167 Å². The summed E-state index contributed by atoms with van der Waals surface area (Å²) >= 11 is 0. The molecule has 0 radical (unpaired) electrons. The van der Waals surface area contributed by atoms with Crippen molar-refractivity contribution in [3.63, 3.8) is 0 Å². The second-order valence-corrected chi connectivity index (χ2v) is 7.34. The molecule has 5 rings (SSSR count). The number of hydrogen-bond donors (Lipinski definition) is 0. The molecule has 0 saturated carbocycles. The molecule has 0 bridgehead atoms. The maximum atomic E-state index is 13.1. The van der Waals surface area contributed by atoms with E-state index in [0.29, 0.717) is 12.2 Å². The van der Waals surface area contributed by atoms with Gasteiger partial charge in [0, 0.05) is 0 Å². The fraction of sp³-hybridized carbons (Fsp3) is 0.130. The molecule has 5 aromatic rings. The topological polar surface area (TPSA) is 65.6 Å². The Kier molecular flexibility index (Phi) is 3.98. The first kappa shape index (κ1) is 17.3. The van der Waals surface area contributed by atoms with Gasteiger partial charge in [0.2, 0.25) is 0 Å². The van der Waals surface area contributed by atoms with E-state index in [1.54, 1.807) is 15.6 Å². The van der Waals surface area contributed by atoms with Gasteiger partial charge < -0.3 is 0 Å². The van der Waals surface area contributed by atoms with E-state index in [2.05, 4.69) is 39.6 Å². The van der Waals surface area contributed by atoms with Crippen LogP contribution in [0, 0.1) is 13.8 Å². The van der Waals surface area contributed by atoms with Crippen LogP contribution in [0.2, 0.25) is 0 Å².